The van der Waals surface area contributed by atoms with Crippen LogP contribution in [-0.2, 0) is 16.6 Å². The van der Waals surface area contributed by atoms with E-state index in [0.29, 0.717) is 0 Å². The van der Waals surface area contributed by atoms with Crippen LogP contribution >= 0.6 is 27.5 Å². The zero-order chi connectivity index (χ0) is 15.6. The summed E-state index contributed by atoms with van der Waals surface area (Å²) in [5.74, 6) is -1.06. The van der Waals surface area contributed by atoms with Crippen LogP contribution in [-0.4, -0.2) is 30.0 Å². The van der Waals surface area contributed by atoms with Crippen LogP contribution in [0.3, 0.4) is 0 Å². The Kier molecular flexibility index (Phi) is 4.81. The Balaban J connectivity index is 2.20. The average Bonchev–Trinajstić information content (AvgIpc) is 2.93. The highest BCUT2D eigenvalue weighted by Gasteiger charge is 2.23. The lowest BCUT2D eigenvalue weighted by Gasteiger charge is -2.11. The fourth-order valence-corrected chi connectivity index (χ4v) is 3.22. The molecule has 0 fully saturated rings. The third-order valence-corrected chi connectivity index (χ3v) is 5.39. The molecule has 0 saturated carbocycles. The number of halogens is 3. The van der Waals surface area contributed by atoms with E-state index in [0.717, 1.165) is 6.07 Å². The first-order valence-electron chi connectivity index (χ1n) is 5.59. The highest BCUT2D eigenvalue weighted by Crippen LogP contribution is 2.34. The quantitative estimate of drug-likeness (QED) is 0.585. The molecule has 1 aromatic carbocycles. The van der Waals surface area contributed by atoms with Gasteiger partial charge in [-0.25, -0.2) is 17.5 Å². The van der Waals surface area contributed by atoms with E-state index in [1.807, 2.05) is 0 Å². The van der Waals surface area contributed by atoms with E-state index in [9.17, 15) is 12.8 Å². The van der Waals surface area contributed by atoms with Crippen molar-refractivity contribution in [1.29, 1.82) is 0 Å². The number of nitrogen functional groups attached to an aromatic ring is 1. The number of sulfonamides is 1. The van der Waals surface area contributed by atoms with Crippen LogP contribution in [0.5, 0.6) is 0 Å². The van der Waals surface area contributed by atoms with Crippen molar-refractivity contribution in [2.24, 2.45) is 0 Å². The molecule has 0 unspecified atom stereocenters. The summed E-state index contributed by atoms with van der Waals surface area (Å²) in [6.45, 7) is 0.263. The number of aromatic nitrogens is 3. The number of nitrogens with zero attached hydrogens (tertiary/aromatic N) is 3. The van der Waals surface area contributed by atoms with Gasteiger partial charge in [0.2, 0.25) is 10.0 Å². The summed E-state index contributed by atoms with van der Waals surface area (Å²) in [6.07, 6.45) is 3.03. The third kappa shape index (κ3) is 3.51. The number of rotatable bonds is 5. The fraction of sp³-hybridized carbons (Fsp3) is 0.200. The third-order valence-electron chi connectivity index (χ3n) is 2.55. The zero-order valence-electron chi connectivity index (χ0n) is 10.4. The number of hydrogen-bond donors (Lipinski definition) is 2. The molecule has 3 N–H and O–H groups in total. The maximum atomic E-state index is 14.0. The monoisotopic (exact) mass is 397 g/mol. The standard InChI is InChI=1S/C10H10BrClFN5O2S/c11-8-6(12)5-7(9(13)10(8)14)21(19,20)16-2-4-18-3-1-15-17-18/h1,3,5,16H,2,4,14H2. The maximum Gasteiger partial charge on any atom is 0.243 e. The molecule has 2 rings (SSSR count). The van der Waals surface area contributed by atoms with Crippen LogP contribution in [0.2, 0.25) is 5.02 Å². The molecule has 1 heterocycles. The topological polar surface area (TPSA) is 103 Å². The smallest absolute Gasteiger partial charge is 0.243 e. The summed E-state index contributed by atoms with van der Waals surface area (Å²) in [4.78, 5) is -0.605. The molecule has 0 aliphatic heterocycles. The molecule has 7 nitrogen and oxygen atoms in total. The Labute approximate surface area is 133 Å². The first-order chi connectivity index (χ1) is 9.83. The number of hydrogen-bond acceptors (Lipinski definition) is 5. The Morgan fingerprint density at radius 3 is 2.86 bits per heavy atom. The molecular weight excluding hydrogens is 389 g/mol. The van der Waals surface area contributed by atoms with Crippen LogP contribution in [0.25, 0.3) is 0 Å². The van der Waals surface area contributed by atoms with Crippen LogP contribution in [0.15, 0.2) is 27.8 Å². The van der Waals surface area contributed by atoms with Gasteiger partial charge in [0, 0.05) is 12.7 Å². The summed E-state index contributed by atoms with van der Waals surface area (Å²) in [7, 11) is -4.08. The molecule has 1 aromatic heterocycles. The Morgan fingerprint density at radius 2 is 2.24 bits per heavy atom. The number of benzene rings is 1. The molecule has 114 valence electrons. The molecule has 0 aliphatic carbocycles. The first kappa shape index (κ1) is 16.1. The second-order valence-electron chi connectivity index (χ2n) is 3.96. The van der Waals surface area contributed by atoms with E-state index in [1.165, 1.54) is 10.9 Å². The minimum absolute atomic E-state index is 0.00514. The van der Waals surface area contributed by atoms with E-state index in [1.54, 1.807) is 6.20 Å². The van der Waals surface area contributed by atoms with Gasteiger partial charge in [-0.2, -0.15) is 0 Å². The predicted octanol–water partition coefficient (Wildman–Crippen LogP) is 1.39. The zero-order valence-corrected chi connectivity index (χ0v) is 13.6. The van der Waals surface area contributed by atoms with Crippen molar-refractivity contribution in [1.82, 2.24) is 19.7 Å². The van der Waals surface area contributed by atoms with E-state index in [2.05, 4.69) is 31.0 Å². The Hall–Kier alpha value is -1.23. The molecule has 0 radical (unpaired) electrons. The second kappa shape index (κ2) is 6.26. The predicted molar refractivity (Wildman–Crippen MR) is 78.7 cm³/mol. The molecule has 0 aliphatic rings. The van der Waals surface area contributed by atoms with Gasteiger partial charge in [0.15, 0.2) is 5.82 Å². The van der Waals surface area contributed by atoms with Crippen molar-refractivity contribution in [3.63, 3.8) is 0 Å². The molecule has 0 amide bonds. The highest BCUT2D eigenvalue weighted by molar-refractivity contribution is 9.10. The summed E-state index contributed by atoms with van der Waals surface area (Å²) in [5, 5.41) is 7.26. The van der Waals surface area contributed by atoms with E-state index in [-0.39, 0.29) is 28.3 Å². The maximum absolute atomic E-state index is 14.0. The van der Waals surface area contributed by atoms with Crippen molar-refractivity contribution in [2.75, 3.05) is 12.3 Å². The highest BCUT2D eigenvalue weighted by atomic mass is 79.9. The van der Waals surface area contributed by atoms with Gasteiger partial charge >= 0.3 is 0 Å². The summed E-state index contributed by atoms with van der Waals surface area (Å²) >= 11 is 8.78. The fourth-order valence-electron chi connectivity index (χ4n) is 1.52. The first-order valence-corrected chi connectivity index (χ1v) is 8.25. The molecule has 11 heteroatoms. The molecule has 0 saturated heterocycles. The second-order valence-corrected chi connectivity index (χ2v) is 6.90. The van der Waals surface area contributed by atoms with E-state index < -0.39 is 20.7 Å². The lowest BCUT2D eigenvalue weighted by Crippen LogP contribution is -2.28. The average molecular weight is 399 g/mol. The summed E-state index contributed by atoms with van der Waals surface area (Å²) < 4.78 is 41.9. The molecule has 0 spiro atoms. The van der Waals surface area contributed by atoms with Gasteiger partial charge in [-0.05, 0) is 22.0 Å². The molecular formula is C10H10BrClFN5O2S. The number of nitrogens with two attached hydrogens (primary N) is 1. The normalized spacial score (nSPS) is 11.8. The van der Waals surface area contributed by atoms with Crippen molar-refractivity contribution in [3.05, 3.63) is 33.8 Å². The van der Waals surface area contributed by atoms with Crippen LogP contribution < -0.4 is 10.5 Å². The van der Waals surface area contributed by atoms with Gasteiger partial charge in [-0.1, -0.05) is 16.8 Å². The number of nitrogens with one attached hydrogen (secondary N) is 1. The van der Waals surface area contributed by atoms with Crippen molar-refractivity contribution < 1.29 is 12.8 Å². The molecule has 21 heavy (non-hydrogen) atoms. The van der Waals surface area contributed by atoms with Gasteiger partial charge in [-0.15, -0.1) is 5.10 Å². The Morgan fingerprint density at radius 1 is 1.52 bits per heavy atom. The van der Waals surface area contributed by atoms with Gasteiger partial charge in [0.05, 0.1) is 27.9 Å². The van der Waals surface area contributed by atoms with Crippen LogP contribution in [0.4, 0.5) is 10.1 Å². The van der Waals surface area contributed by atoms with Crippen molar-refractivity contribution in [2.45, 2.75) is 11.4 Å². The SMILES string of the molecule is Nc1c(F)c(S(=O)(=O)NCCn2ccnn2)cc(Cl)c1Br. The largest absolute Gasteiger partial charge is 0.395 e. The van der Waals surface area contributed by atoms with E-state index >= 15 is 0 Å². The van der Waals surface area contributed by atoms with Crippen LogP contribution in [0, 0.1) is 5.82 Å². The van der Waals surface area contributed by atoms with Gasteiger partial charge in [0.25, 0.3) is 0 Å². The lowest BCUT2D eigenvalue weighted by molar-refractivity contribution is 0.541. The van der Waals surface area contributed by atoms with Gasteiger partial charge < -0.3 is 5.73 Å². The van der Waals surface area contributed by atoms with Crippen molar-refractivity contribution >= 4 is 43.2 Å². The molecule has 0 atom stereocenters. The molecule has 2 aromatic rings. The molecule has 0 bridgehead atoms. The number of anilines is 1. The Bertz CT molecular complexity index is 753. The minimum Gasteiger partial charge on any atom is -0.395 e. The van der Waals surface area contributed by atoms with Gasteiger partial charge in [0.1, 0.15) is 4.90 Å². The lowest BCUT2D eigenvalue weighted by atomic mass is 10.3. The summed E-state index contributed by atoms with van der Waals surface area (Å²) in [6, 6.07) is 0.995. The van der Waals surface area contributed by atoms with E-state index in [4.69, 9.17) is 17.3 Å². The van der Waals surface area contributed by atoms with Crippen molar-refractivity contribution in [3.8, 4) is 0 Å². The van der Waals surface area contributed by atoms with Gasteiger partial charge in [-0.3, -0.25) is 4.68 Å². The van der Waals surface area contributed by atoms with Crippen LogP contribution in [0.1, 0.15) is 0 Å². The summed E-state index contributed by atoms with van der Waals surface area (Å²) in [5.41, 5.74) is 5.10. The minimum atomic E-state index is -4.08.